The predicted molar refractivity (Wildman–Crippen MR) is 69.1 cm³/mol. The van der Waals surface area contributed by atoms with Crippen molar-refractivity contribution in [2.24, 2.45) is 11.7 Å². The first-order valence-electron chi connectivity index (χ1n) is 5.35. The van der Waals surface area contributed by atoms with Gasteiger partial charge in [0.1, 0.15) is 0 Å². The van der Waals surface area contributed by atoms with E-state index in [-0.39, 0.29) is 0 Å². The lowest BCUT2D eigenvalue weighted by atomic mass is 10.1. The van der Waals surface area contributed by atoms with E-state index in [4.69, 9.17) is 5.73 Å². The Labute approximate surface area is 104 Å². The first kappa shape index (κ1) is 11.6. The fourth-order valence-electron chi connectivity index (χ4n) is 2.01. The molecule has 0 amide bonds. The van der Waals surface area contributed by atoms with Gasteiger partial charge in [0.15, 0.2) is 0 Å². The fourth-order valence-corrected chi connectivity index (χ4v) is 3.56. The maximum atomic E-state index is 5.83. The molecule has 0 aliphatic heterocycles. The van der Waals surface area contributed by atoms with Crippen LogP contribution in [0.2, 0.25) is 0 Å². The number of halogens is 1. The van der Waals surface area contributed by atoms with Crippen LogP contribution in [-0.4, -0.2) is 24.5 Å². The van der Waals surface area contributed by atoms with Crippen molar-refractivity contribution in [3.05, 3.63) is 20.8 Å². The highest BCUT2D eigenvalue weighted by Gasteiger charge is 2.32. The summed E-state index contributed by atoms with van der Waals surface area (Å²) in [6.45, 7) is 1.81. The highest BCUT2D eigenvalue weighted by atomic mass is 79.9. The van der Waals surface area contributed by atoms with E-state index >= 15 is 0 Å². The minimum absolute atomic E-state index is 0.575. The molecule has 15 heavy (non-hydrogen) atoms. The van der Waals surface area contributed by atoms with Gasteiger partial charge in [0.25, 0.3) is 0 Å². The molecule has 1 aromatic rings. The fraction of sp³-hybridized carbons (Fsp3) is 0.636. The zero-order chi connectivity index (χ0) is 10.8. The lowest BCUT2D eigenvalue weighted by molar-refractivity contribution is 0.217. The van der Waals surface area contributed by atoms with Crippen molar-refractivity contribution in [2.45, 2.75) is 25.4 Å². The van der Waals surface area contributed by atoms with E-state index in [1.54, 1.807) is 0 Å². The van der Waals surface area contributed by atoms with Crippen LogP contribution in [0.25, 0.3) is 0 Å². The van der Waals surface area contributed by atoms with Crippen molar-refractivity contribution in [3.8, 4) is 0 Å². The topological polar surface area (TPSA) is 29.3 Å². The molecule has 1 saturated carbocycles. The summed E-state index contributed by atoms with van der Waals surface area (Å²) in [5, 5.41) is 0. The van der Waals surface area contributed by atoms with Gasteiger partial charge in [0.2, 0.25) is 0 Å². The van der Waals surface area contributed by atoms with Crippen LogP contribution < -0.4 is 5.73 Å². The summed E-state index contributed by atoms with van der Waals surface area (Å²) in [5.41, 5.74) is 5.83. The summed E-state index contributed by atoms with van der Waals surface area (Å²) >= 11 is 5.30. The van der Waals surface area contributed by atoms with Crippen molar-refractivity contribution >= 4 is 27.3 Å². The summed E-state index contributed by atoms with van der Waals surface area (Å²) < 4.78 is 1.21. The molecule has 1 atom stereocenters. The largest absolute Gasteiger partial charge is 0.329 e. The number of nitrogens with two attached hydrogens (primary N) is 1. The molecule has 2 nitrogen and oxygen atoms in total. The van der Waals surface area contributed by atoms with E-state index < -0.39 is 0 Å². The van der Waals surface area contributed by atoms with Crippen LogP contribution in [0.1, 0.15) is 17.7 Å². The second-order valence-electron chi connectivity index (χ2n) is 4.26. The molecule has 2 N–H and O–H groups in total. The van der Waals surface area contributed by atoms with Crippen LogP contribution >= 0.6 is 27.3 Å². The van der Waals surface area contributed by atoms with Crippen LogP contribution in [0.3, 0.4) is 0 Å². The normalized spacial score (nSPS) is 18.4. The van der Waals surface area contributed by atoms with E-state index in [1.807, 2.05) is 11.3 Å². The average Bonchev–Trinajstić information content (AvgIpc) is 2.93. The Morgan fingerprint density at radius 1 is 1.60 bits per heavy atom. The molecule has 1 aliphatic rings. The van der Waals surface area contributed by atoms with Gasteiger partial charge in [-0.15, -0.1) is 11.3 Å². The van der Waals surface area contributed by atoms with Crippen molar-refractivity contribution < 1.29 is 0 Å². The van der Waals surface area contributed by atoms with E-state index in [1.165, 1.54) is 21.5 Å². The van der Waals surface area contributed by atoms with Crippen molar-refractivity contribution in [1.82, 2.24) is 4.90 Å². The first-order valence-corrected chi connectivity index (χ1v) is 6.96. The highest BCUT2D eigenvalue weighted by molar-refractivity contribution is 9.11. The van der Waals surface area contributed by atoms with Crippen molar-refractivity contribution in [2.75, 3.05) is 13.6 Å². The predicted octanol–water partition coefficient (Wildman–Crippen LogP) is 2.68. The molecule has 0 saturated heterocycles. The molecular formula is C11H17BrN2S. The third-order valence-electron chi connectivity index (χ3n) is 3.01. The molecule has 1 heterocycles. The van der Waals surface area contributed by atoms with Crippen LogP contribution in [0.5, 0.6) is 0 Å². The molecule has 1 unspecified atom stereocenters. The Bertz CT molecular complexity index is 322. The summed E-state index contributed by atoms with van der Waals surface area (Å²) in [6.07, 6.45) is 2.72. The Kier molecular flexibility index (Phi) is 3.83. The number of nitrogens with zero attached hydrogens (tertiary/aromatic N) is 1. The van der Waals surface area contributed by atoms with Gasteiger partial charge in [-0.3, -0.25) is 4.90 Å². The smallest absolute Gasteiger partial charge is 0.0701 e. The number of rotatable bonds is 5. The number of likely N-dealkylation sites (N-methyl/N-ethyl adjacent to an activating group) is 1. The zero-order valence-electron chi connectivity index (χ0n) is 8.95. The van der Waals surface area contributed by atoms with E-state index in [9.17, 15) is 0 Å². The minimum Gasteiger partial charge on any atom is -0.329 e. The third-order valence-corrected chi connectivity index (χ3v) is 4.62. The van der Waals surface area contributed by atoms with Gasteiger partial charge in [0.05, 0.1) is 3.79 Å². The Balaban J connectivity index is 1.92. The van der Waals surface area contributed by atoms with Gasteiger partial charge in [0, 0.05) is 24.0 Å². The van der Waals surface area contributed by atoms with Gasteiger partial charge in [-0.1, -0.05) is 0 Å². The van der Waals surface area contributed by atoms with Gasteiger partial charge in [-0.05, 0) is 53.9 Å². The molecule has 2 rings (SSSR count). The molecule has 0 bridgehead atoms. The van der Waals surface area contributed by atoms with Crippen LogP contribution in [-0.2, 0) is 6.54 Å². The van der Waals surface area contributed by atoms with Crippen LogP contribution in [0.4, 0.5) is 0 Å². The lowest BCUT2D eigenvalue weighted by Crippen LogP contribution is -2.38. The highest BCUT2D eigenvalue weighted by Crippen LogP contribution is 2.35. The molecule has 0 radical (unpaired) electrons. The number of hydrogen-bond acceptors (Lipinski definition) is 3. The molecular weight excluding hydrogens is 272 g/mol. The summed E-state index contributed by atoms with van der Waals surface area (Å²) in [6, 6.07) is 4.87. The molecule has 0 aromatic carbocycles. The monoisotopic (exact) mass is 288 g/mol. The second kappa shape index (κ2) is 4.95. The van der Waals surface area contributed by atoms with Gasteiger partial charge < -0.3 is 5.73 Å². The lowest BCUT2D eigenvalue weighted by Gasteiger charge is -2.26. The summed E-state index contributed by atoms with van der Waals surface area (Å²) in [4.78, 5) is 3.80. The quantitative estimate of drug-likeness (QED) is 0.903. The molecule has 4 heteroatoms. The van der Waals surface area contributed by atoms with Crippen molar-refractivity contribution in [1.29, 1.82) is 0 Å². The molecule has 0 spiro atoms. The Morgan fingerprint density at radius 2 is 2.33 bits per heavy atom. The van der Waals surface area contributed by atoms with Gasteiger partial charge in [-0.25, -0.2) is 0 Å². The maximum Gasteiger partial charge on any atom is 0.0701 e. The zero-order valence-corrected chi connectivity index (χ0v) is 11.4. The number of hydrogen-bond donors (Lipinski definition) is 1. The van der Waals surface area contributed by atoms with Crippen LogP contribution in [0.15, 0.2) is 15.9 Å². The molecule has 1 aromatic heterocycles. The second-order valence-corrected chi connectivity index (χ2v) is 6.81. The van der Waals surface area contributed by atoms with Gasteiger partial charge in [-0.2, -0.15) is 0 Å². The molecule has 1 fully saturated rings. The molecule has 1 aliphatic carbocycles. The first-order chi connectivity index (χ1) is 7.20. The standard InChI is InChI=1S/C11H17BrN2S/c1-14(10(6-13)8-2-3-8)7-9-4-5-11(12)15-9/h4-5,8,10H,2-3,6-7,13H2,1H3. The average molecular weight is 289 g/mol. The summed E-state index contributed by atoms with van der Waals surface area (Å²) in [5.74, 6) is 0.850. The van der Waals surface area contributed by atoms with E-state index in [0.717, 1.165) is 19.0 Å². The van der Waals surface area contributed by atoms with Crippen molar-refractivity contribution in [3.63, 3.8) is 0 Å². The van der Waals surface area contributed by atoms with E-state index in [0.29, 0.717) is 6.04 Å². The Morgan fingerprint density at radius 3 is 2.80 bits per heavy atom. The SMILES string of the molecule is CN(Cc1ccc(Br)s1)C(CN)C1CC1. The minimum atomic E-state index is 0.575. The van der Waals surface area contributed by atoms with Crippen LogP contribution in [0, 0.1) is 5.92 Å². The molecule has 84 valence electrons. The van der Waals surface area contributed by atoms with E-state index in [2.05, 4.69) is 40.0 Å². The van der Waals surface area contributed by atoms with Gasteiger partial charge >= 0.3 is 0 Å². The third kappa shape index (κ3) is 3.03. The number of thiophene rings is 1. The summed E-state index contributed by atoms with van der Waals surface area (Å²) in [7, 11) is 2.18. The Hall–Kier alpha value is 0.1000. The maximum absolute atomic E-state index is 5.83.